The molecule has 0 atom stereocenters. The lowest BCUT2D eigenvalue weighted by molar-refractivity contribution is -0.120. The van der Waals surface area contributed by atoms with Gasteiger partial charge in [0.1, 0.15) is 5.15 Å². The van der Waals surface area contributed by atoms with Crippen molar-refractivity contribution in [1.82, 2.24) is 15.6 Å². The first-order chi connectivity index (χ1) is 8.90. The first kappa shape index (κ1) is 15.2. The fraction of sp³-hybridized carbons (Fsp3) is 0.417. The molecule has 1 aromatic rings. The number of rotatable bonds is 5. The lowest BCUT2D eigenvalue weighted by Crippen LogP contribution is -2.38. The fourth-order valence-corrected chi connectivity index (χ4v) is 1.45. The first-order valence-electron chi connectivity index (χ1n) is 5.86. The Morgan fingerprint density at radius 1 is 1.42 bits per heavy atom. The van der Waals surface area contributed by atoms with Crippen LogP contribution in [0.4, 0.5) is 5.69 Å². The van der Waals surface area contributed by atoms with E-state index in [0.29, 0.717) is 18.2 Å². The number of amides is 2. The van der Waals surface area contributed by atoms with Crippen LogP contribution >= 0.6 is 11.6 Å². The van der Waals surface area contributed by atoms with Crippen molar-refractivity contribution in [1.29, 1.82) is 0 Å². The summed E-state index contributed by atoms with van der Waals surface area (Å²) in [6, 6.07) is 1.41. The first-order valence-corrected chi connectivity index (χ1v) is 6.24. The number of carbonyl (C=O) groups excluding carboxylic acids is 2. The summed E-state index contributed by atoms with van der Waals surface area (Å²) >= 11 is 5.78. The molecule has 1 rings (SSSR count). The molecule has 0 saturated heterocycles. The zero-order valence-electron chi connectivity index (χ0n) is 10.9. The Morgan fingerprint density at radius 3 is 2.74 bits per heavy atom. The van der Waals surface area contributed by atoms with Crippen LogP contribution in [0.15, 0.2) is 12.3 Å². The van der Waals surface area contributed by atoms with Crippen LogP contribution in [0, 0.1) is 5.92 Å². The molecule has 0 unspecified atom stereocenters. The lowest BCUT2D eigenvalue weighted by Gasteiger charge is -2.09. The number of nitrogens with zero attached hydrogens (tertiary/aromatic N) is 1. The molecule has 1 heterocycles. The molecule has 6 nitrogen and oxygen atoms in total. The summed E-state index contributed by atoms with van der Waals surface area (Å²) in [7, 11) is 0. The molecule has 0 saturated carbocycles. The number of carbonyl (C=O) groups is 2. The van der Waals surface area contributed by atoms with Crippen molar-refractivity contribution in [3.63, 3.8) is 0 Å². The zero-order valence-corrected chi connectivity index (χ0v) is 11.6. The molecule has 0 bridgehead atoms. The third-order valence-electron chi connectivity index (χ3n) is 2.22. The van der Waals surface area contributed by atoms with E-state index in [2.05, 4.69) is 15.6 Å². The van der Waals surface area contributed by atoms with E-state index in [-0.39, 0.29) is 23.2 Å². The number of anilines is 1. The van der Waals surface area contributed by atoms with Crippen molar-refractivity contribution < 1.29 is 9.59 Å². The molecule has 0 fully saturated rings. The highest BCUT2D eigenvalue weighted by Gasteiger charge is 2.13. The quantitative estimate of drug-likeness (QED) is 0.697. The second-order valence-corrected chi connectivity index (χ2v) is 4.85. The standard InChI is InChI=1S/C12H17ClN4O2/c1-7(2)4-15-10(18)6-17-12(19)9-3-8(14)5-16-11(9)13/h3,5,7H,4,6,14H2,1-2H3,(H,15,18)(H,17,19). The summed E-state index contributed by atoms with van der Waals surface area (Å²) in [5.74, 6) is -0.383. The number of hydrogen-bond donors (Lipinski definition) is 3. The van der Waals surface area contributed by atoms with Crippen molar-refractivity contribution in [3.05, 3.63) is 23.0 Å². The number of nitrogens with one attached hydrogen (secondary N) is 2. The Bertz CT molecular complexity index is 477. The van der Waals surface area contributed by atoms with Crippen LogP contribution < -0.4 is 16.4 Å². The summed E-state index contributed by atoms with van der Waals surface area (Å²) in [4.78, 5) is 27.0. The molecule has 0 radical (unpaired) electrons. The van der Waals surface area contributed by atoms with Crippen LogP contribution in [-0.2, 0) is 4.79 Å². The van der Waals surface area contributed by atoms with Crippen LogP contribution in [0.2, 0.25) is 5.15 Å². The Labute approximate surface area is 116 Å². The summed E-state index contributed by atoms with van der Waals surface area (Å²) < 4.78 is 0. The van der Waals surface area contributed by atoms with Gasteiger partial charge >= 0.3 is 0 Å². The highest BCUT2D eigenvalue weighted by molar-refractivity contribution is 6.32. The molecule has 104 valence electrons. The van der Waals surface area contributed by atoms with Gasteiger partial charge in [-0.25, -0.2) is 4.98 Å². The van der Waals surface area contributed by atoms with E-state index in [9.17, 15) is 9.59 Å². The second kappa shape index (κ2) is 6.94. The van der Waals surface area contributed by atoms with Crippen LogP contribution in [0.3, 0.4) is 0 Å². The maximum atomic E-state index is 11.8. The van der Waals surface area contributed by atoms with Crippen molar-refractivity contribution >= 4 is 29.1 Å². The fourth-order valence-electron chi connectivity index (χ4n) is 1.26. The molecular weight excluding hydrogens is 268 g/mol. The van der Waals surface area contributed by atoms with E-state index >= 15 is 0 Å². The van der Waals surface area contributed by atoms with Gasteiger partial charge < -0.3 is 16.4 Å². The molecule has 19 heavy (non-hydrogen) atoms. The van der Waals surface area contributed by atoms with E-state index < -0.39 is 5.91 Å². The molecule has 0 aliphatic rings. The molecule has 4 N–H and O–H groups in total. The highest BCUT2D eigenvalue weighted by atomic mass is 35.5. The minimum absolute atomic E-state index is 0.0503. The van der Waals surface area contributed by atoms with Crippen LogP contribution in [0.5, 0.6) is 0 Å². The number of pyridine rings is 1. The van der Waals surface area contributed by atoms with Crippen LogP contribution in [0.1, 0.15) is 24.2 Å². The van der Waals surface area contributed by atoms with E-state index in [0.717, 1.165) is 0 Å². The number of hydrogen-bond acceptors (Lipinski definition) is 4. The van der Waals surface area contributed by atoms with Gasteiger partial charge in [-0.1, -0.05) is 25.4 Å². The Balaban J connectivity index is 2.51. The Morgan fingerprint density at radius 2 is 2.11 bits per heavy atom. The summed E-state index contributed by atoms with van der Waals surface area (Å²) in [5, 5.41) is 5.20. The molecular formula is C12H17ClN4O2. The zero-order chi connectivity index (χ0) is 14.4. The van der Waals surface area contributed by atoms with Gasteiger partial charge in [-0.15, -0.1) is 0 Å². The maximum absolute atomic E-state index is 11.8. The van der Waals surface area contributed by atoms with Gasteiger partial charge in [0.15, 0.2) is 0 Å². The van der Waals surface area contributed by atoms with Gasteiger partial charge in [0.25, 0.3) is 5.91 Å². The van der Waals surface area contributed by atoms with Crippen molar-refractivity contribution in [2.45, 2.75) is 13.8 Å². The molecule has 1 aromatic heterocycles. The lowest BCUT2D eigenvalue weighted by atomic mass is 10.2. The predicted octanol–water partition coefficient (Wildman–Crippen LogP) is 0.819. The van der Waals surface area contributed by atoms with Gasteiger partial charge in [-0.2, -0.15) is 0 Å². The molecule has 0 aromatic carbocycles. The molecule has 0 aliphatic carbocycles. The van der Waals surface area contributed by atoms with Gasteiger partial charge in [0.05, 0.1) is 24.0 Å². The smallest absolute Gasteiger partial charge is 0.254 e. The minimum atomic E-state index is -0.482. The molecule has 0 aliphatic heterocycles. The van der Waals surface area contributed by atoms with Crippen LogP contribution in [0.25, 0.3) is 0 Å². The molecule has 7 heteroatoms. The number of nitrogen functional groups attached to an aromatic ring is 1. The van der Waals surface area contributed by atoms with E-state index in [1.165, 1.54) is 12.3 Å². The minimum Gasteiger partial charge on any atom is -0.397 e. The van der Waals surface area contributed by atoms with Gasteiger partial charge in [0.2, 0.25) is 5.91 Å². The third-order valence-corrected chi connectivity index (χ3v) is 2.52. The average molecular weight is 285 g/mol. The van der Waals surface area contributed by atoms with E-state index in [4.69, 9.17) is 17.3 Å². The maximum Gasteiger partial charge on any atom is 0.254 e. The van der Waals surface area contributed by atoms with Gasteiger partial charge in [0, 0.05) is 6.54 Å². The third kappa shape index (κ3) is 5.13. The van der Waals surface area contributed by atoms with Gasteiger partial charge in [-0.3, -0.25) is 9.59 Å². The van der Waals surface area contributed by atoms with E-state index in [1.54, 1.807) is 0 Å². The predicted molar refractivity (Wildman–Crippen MR) is 73.8 cm³/mol. The van der Waals surface area contributed by atoms with Gasteiger partial charge in [-0.05, 0) is 12.0 Å². The number of nitrogens with two attached hydrogens (primary N) is 1. The average Bonchev–Trinajstić information content (AvgIpc) is 2.36. The van der Waals surface area contributed by atoms with Crippen molar-refractivity contribution in [3.8, 4) is 0 Å². The largest absolute Gasteiger partial charge is 0.397 e. The summed E-state index contributed by atoms with van der Waals surface area (Å²) in [5.41, 5.74) is 6.01. The Hall–Kier alpha value is -1.82. The summed E-state index contributed by atoms with van der Waals surface area (Å²) in [6.45, 7) is 4.42. The second-order valence-electron chi connectivity index (χ2n) is 4.49. The summed E-state index contributed by atoms with van der Waals surface area (Å²) in [6.07, 6.45) is 1.36. The SMILES string of the molecule is CC(C)CNC(=O)CNC(=O)c1cc(N)cnc1Cl. The van der Waals surface area contributed by atoms with Crippen LogP contribution in [-0.4, -0.2) is 29.9 Å². The normalized spacial score (nSPS) is 10.3. The topological polar surface area (TPSA) is 97.1 Å². The van der Waals surface area contributed by atoms with Crippen molar-refractivity contribution in [2.75, 3.05) is 18.8 Å². The Kier molecular flexibility index (Phi) is 5.57. The number of aromatic nitrogens is 1. The highest BCUT2D eigenvalue weighted by Crippen LogP contribution is 2.15. The van der Waals surface area contributed by atoms with E-state index in [1.807, 2.05) is 13.8 Å². The molecule has 0 spiro atoms. The van der Waals surface area contributed by atoms with Crippen molar-refractivity contribution in [2.24, 2.45) is 5.92 Å². The number of halogens is 1. The molecule has 2 amide bonds. The monoisotopic (exact) mass is 284 g/mol.